The molecule has 0 aromatic rings. The van der Waals surface area contributed by atoms with Crippen LogP contribution in [0.25, 0.3) is 0 Å². The molecule has 2 aliphatic heterocycles. The Bertz CT molecular complexity index is 838. The Morgan fingerprint density at radius 2 is 1.64 bits per heavy atom. The number of ether oxygens (including phenoxy) is 4. The van der Waals surface area contributed by atoms with Gasteiger partial charge in [0.25, 0.3) is 0 Å². The van der Waals surface area contributed by atoms with Crippen LogP contribution in [0, 0.1) is 0 Å². The van der Waals surface area contributed by atoms with Crippen LogP contribution in [0.3, 0.4) is 0 Å². The highest BCUT2D eigenvalue weighted by Gasteiger charge is 2.53. The molecule has 13 heteroatoms. The van der Waals surface area contributed by atoms with Gasteiger partial charge in [0.1, 0.15) is 24.2 Å². The molecule has 1 fully saturated rings. The number of thioether (sulfide) groups is 1. The van der Waals surface area contributed by atoms with E-state index in [1.807, 2.05) is 0 Å². The largest absolute Gasteiger partial charge is 0.463 e. The summed E-state index contributed by atoms with van der Waals surface area (Å²) < 4.78 is 39.6. The van der Waals surface area contributed by atoms with Crippen LogP contribution in [-0.2, 0) is 42.4 Å². The van der Waals surface area contributed by atoms with Crippen molar-refractivity contribution in [3.8, 4) is 0 Å². The van der Waals surface area contributed by atoms with Gasteiger partial charge < -0.3 is 28.4 Å². The van der Waals surface area contributed by atoms with E-state index in [1.165, 1.54) is 39.0 Å². The fraction of sp³-hybridized carbons (Fsp3) is 0.826. The Hall–Kier alpha value is -1.46. The van der Waals surface area contributed by atoms with Gasteiger partial charge in [-0.25, -0.2) is 0 Å². The molecule has 1 unspecified atom stereocenters. The van der Waals surface area contributed by atoms with E-state index in [4.69, 9.17) is 23.5 Å². The lowest BCUT2D eigenvalue weighted by atomic mass is 9.98. The topological polar surface area (TPSA) is 147 Å². The van der Waals surface area contributed by atoms with E-state index in [2.05, 4.69) is 11.9 Å². The van der Waals surface area contributed by atoms with Crippen molar-refractivity contribution in [3.05, 3.63) is 0 Å². The number of unbranched alkanes of at least 4 members (excludes halogenated alkanes) is 5. The highest BCUT2D eigenvalue weighted by molar-refractivity contribution is 8.14. The van der Waals surface area contributed by atoms with Gasteiger partial charge in [-0.15, -0.1) is 0 Å². The fourth-order valence-electron chi connectivity index (χ4n) is 3.96. The lowest BCUT2D eigenvalue weighted by Crippen LogP contribution is -2.59. The number of aliphatic imine (C=N–C) groups is 1. The molecule has 0 aromatic heterocycles. The van der Waals surface area contributed by atoms with Crippen molar-refractivity contribution in [1.82, 2.24) is 0 Å². The van der Waals surface area contributed by atoms with Crippen LogP contribution in [0.4, 0.5) is 0 Å². The third-order valence-electron chi connectivity index (χ3n) is 5.61. The van der Waals surface area contributed by atoms with Crippen molar-refractivity contribution in [1.29, 1.82) is 0 Å². The molecule has 2 rings (SSSR count). The van der Waals surface area contributed by atoms with Crippen molar-refractivity contribution < 1.29 is 47.3 Å². The molecule has 0 spiro atoms. The Kier molecular flexibility index (Phi) is 12.9. The van der Waals surface area contributed by atoms with Crippen LogP contribution >= 0.6 is 19.4 Å². The summed E-state index contributed by atoms with van der Waals surface area (Å²) >= 11 is 1.23. The normalized spacial score (nSPS) is 26.9. The third-order valence-corrected chi connectivity index (χ3v) is 8.19. The first kappa shape index (κ1) is 30.8. The molecule has 206 valence electrons. The van der Waals surface area contributed by atoms with E-state index in [9.17, 15) is 23.8 Å². The molecule has 0 saturated carbocycles. The van der Waals surface area contributed by atoms with Crippen molar-refractivity contribution in [2.24, 2.45) is 4.99 Å². The van der Waals surface area contributed by atoms with E-state index in [0.717, 1.165) is 32.1 Å². The van der Waals surface area contributed by atoms with E-state index in [0.29, 0.717) is 5.04 Å². The first-order valence-electron chi connectivity index (χ1n) is 12.4. The van der Waals surface area contributed by atoms with Crippen molar-refractivity contribution >= 4 is 42.3 Å². The second-order valence-corrected chi connectivity index (χ2v) is 12.0. The van der Waals surface area contributed by atoms with Gasteiger partial charge >= 0.3 is 25.5 Å². The van der Waals surface area contributed by atoms with Crippen LogP contribution < -0.4 is 0 Å². The second kappa shape index (κ2) is 15.1. The van der Waals surface area contributed by atoms with Gasteiger partial charge in [-0.3, -0.25) is 23.9 Å². The maximum absolute atomic E-state index is 12.5. The summed E-state index contributed by atoms with van der Waals surface area (Å²) in [4.78, 5) is 49.6. The van der Waals surface area contributed by atoms with E-state index < -0.39 is 55.3 Å². The molecule has 11 nitrogen and oxygen atoms in total. The minimum atomic E-state index is -3.80. The van der Waals surface area contributed by atoms with E-state index in [1.54, 1.807) is 0 Å². The number of rotatable bonds is 15. The third kappa shape index (κ3) is 10.5. The summed E-state index contributed by atoms with van der Waals surface area (Å²) in [5.74, 6) is -1.76. The molecule has 1 saturated heterocycles. The number of esters is 3. The Morgan fingerprint density at radius 3 is 2.28 bits per heavy atom. The van der Waals surface area contributed by atoms with Crippen molar-refractivity contribution in [3.63, 3.8) is 0 Å². The summed E-state index contributed by atoms with van der Waals surface area (Å²) in [7, 11) is -3.80. The lowest BCUT2D eigenvalue weighted by molar-refractivity contribution is -0.208. The summed E-state index contributed by atoms with van der Waals surface area (Å²) in [6.07, 6.45) is 3.44. The number of carbonyl (C=O) groups is 3. The molecule has 0 radical (unpaired) electrons. The summed E-state index contributed by atoms with van der Waals surface area (Å²) in [5, 5.41) is 0.536. The molecule has 1 N–H and O–H groups in total. The highest BCUT2D eigenvalue weighted by Crippen LogP contribution is 2.45. The summed E-state index contributed by atoms with van der Waals surface area (Å²) in [6, 6.07) is -0.700. The molecule has 0 bridgehead atoms. The number of nitrogens with zero attached hydrogens (tertiary/aromatic N) is 1. The zero-order valence-corrected chi connectivity index (χ0v) is 23.1. The lowest BCUT2D eigenvalue weighted by Gasteiger charge is -2.41. The van der Waals surface area contributed by atoms with E-state index in [-0.39, 0.29) is 25.8 Å². The fourth-order valence-corrected chi connectivity index (χ4v) is 6.38. The van der Waals surface area contributed by atoms with E-state index >= 15 is 0 Å². The first-order valence-corrected chi connectivity index (χ1v) is 15.0. The van der Waals surface area contributed by atoms with Crippen LogP contribution in [-0.4, -0.2) is 77.0 Å². The zero-order valence-electron chi connectivity index (χ0n) is 21.4. The molecule has 2 aliphatic rings. The molecule has 0 amide bonds. The molecular weight excluding hydrogens is 513 g/mol. The van der Waals surface area contributed by atoms with Crippen LogP contribution in [0.2, 0.25) is 0 Å². The van der Waals surface area contributed by atoms with Gasteiger partial charge in [0, 0.05) is 27.2 Å². The number of hydrogen-bond acceptors (Lipinski definition) is 11. The molecule has 36 heavy (non-hydrogen) atoms. The number of fused-ring (bicyclic) bond motifs is 1. The van der Waals surface area contributed by atoms with Gasteiger partial charge in [-0.05, 0) is 6.42 Å². The van der Waals surface area contributed by atoms with Crippen molar-refractivity contribution in [2.75, 3.05) is 19.4 Å². The minimum absolute atomic E-state index is 0.114. The zero-order chi connectivity index (χ0) is 26.7. The molecule has 0 aliphatic carbocycles. The number of hydrogen-bond donors (Lipinski definition) is 1. The van der Waals surface area contributed by atoms with Crippen molar-refractivity contribution in [2.45, 2.75) is 102 Å². The Labute approximate surface area is 216 Å². The highest BCUT2D eigenvalue weighted by atomic mass is 32.2. The summed E-state index contributed by atoms with van der Waals surface area (Å²) in [6.45, 7) is 5.85. The van der Waals surface area contributed by atoms with Gasteiger partial charge in [0.15, 0.2) is 12.2 Å². The first-order chi connectivity index (χ1) is 17.0. The van der Waals surface area contributed by atoms with Crippen LogP contribution in [0.5, 0.6) is 0 Å². The van der Waals surface area contributed by atoms with Gasteiger partial charge in [-0.2, -0.15) is 0 Å². The maximum Gasteiger partial charge on any atom is 0.328 e. The molecular formula is C23H38NO10PS. The summed E-state index contributed by atoms with van der Waals surface area (Å²) in [5.41, 5.74) is -0.612. The Morgan fingerprint density at radius 1 is 1.00 bits per heavy atom. The standard InChI is InChI=1S/C23H38NO10PS/c1-5-6-7-8-9-10-12-31-35(28,29)13-11-19-24-20-22(33-17(4)27)21(32-16(3)26)18(14-30-15(2)25)34-23(20)36-19/h18,20-23H,5-14H2,1-4H3,(H,28,29)/t18-,20-,21-,22-,23-/m1/s1. The van der Waals surface area contributed by atoms with Crippen LogP contribution in [0.1, 0.15) is 72.6 Å². The average Bonchev–Trinajstić information content (AvgIpc) is 3.20. The van der Waals surface area contributed by atoms with Gasteiger partial charge in [0.05, 0.1) is 17.8 Å². The van der Waals surface area contributed by atoms with Gasteiger partial charge in [-0.1, -0.05) is 50.8 Å². The molecule has 2 heterocycles. The van der Waals surface area contributed by atoms with Crippen LogP contribution in [0.15, 0.2) is 4.99 Å². The molecule has 6 atom stereocenters. The SMILES string of the molecule is CCCCCCCCOP(=O)(O)CCC1=N[C@@H]2[C@@H](OC(C)=O)[C@H](OC(C)=O)[C@@H](COC(C)=O)O[C@@H]2S1. The quantitative estimate of drug-likeness (QED) is 0.138. The monoisotopic (exact) mass is 551 g/mol. The minimum Gasteiger partial charge on any atom is -0.463 e. The Balaban J connectivity index is 1.99. The predicted molar refractivity (Wildman–Crippen MR) is 134 cm³/mol. The molecule has 0 aromatic carbocycles. The smallest absolute Gasteiger partial charge is 0.328 e. The second-order valence-electron chi connectivity index (χ2n) is 8.84. The number of carbonyl (C=O) groups excluding carboxylic acids is 3. The maximum atomic E-state index is 12.5. The van der Waals surface area contributed by atoms with Gasteiger partial charge in [0.2, 0.25) is 0 Å². The average molecular weight is 552 g/mol. The predicted octanol–water partition coefficient (Wildman–Crippen LogP) is 3.60.